The van der Waals surface area contributed by atoms with Gasteiger partial charge in [-0.3, -0.25) is 0 Å². The molecule has 0 aliphatic carbocycles. The Balaban J connectivity index is 2.26. The lowest BCUT2D eigenvalue weighted by molar-refractivity contribution is 0.815. The second-order valence-corrected chi connectivity index (χ2v) is 5.20. The molecule has 0 amide bonds. The molecule has 2 aromatic rings. The average Bonchev–Trinajstić information content (AvgIpc) is 2.78. The fourth-order valence-electron chi connectivity index (χ4n) is 1.84. The molecule has 0 aliphatic rings. The Morgan fingerprint density at radius 1 is 1.33 bits per heavy atom. The number of hydrogen-bond acceptors (Lipinski definition) is 4. The molecular weight excluding hydrogens is 242 g/mol. The summed E-state index contributed by atoms with van der Waals surface area (Å²) in [6.45, 7) is 5.64. The van der Waals surface area contributed by atoms with Gasteiger partial charge in [-0.2, -0.15) is 5.26 Å². The molecule has 3 nitrogen and oxygen atoms in total. The SMILES string of the molecule is CCN(Cc1ccccc1)c1nc(C)sc1C#N. The van der Waals surface area contributed by atoms with Gasteiger partial charge in [-0.05, 0) is 19.4 Å². The molecule has 0 N–H and O–H groups in total. The molecule has 4 heteroatoms. The van der Waals surface area contributed by atoms with Gasteiger partial charge in [0.05, 0.1) is 5.01 Å². The highest BCUT2D eigenvalue weighted by Gasteiger charge is 2.15. The largest absolute Gasteiger partial charge is 0.351 e. The van der Waals surface area contributed by atoms with Crippen molar-refractivity contribution in [2.75, 3.05) is 11.4 Å². The molecule has 18 heavy (non-hydrogen) atoms. The Morgan fingerprint density at radius 2 is 2.06 bits per heavy atom. The number of hydrogen-bond donors (Lipinski definition) is 0. The van der Waals surface area contributed by atoms with Crippen LogP contribution >= 0.6 is 11.3 Å². The molecule has 0 aliphatic heterocycles. The molecule has 1 aromatic heterocycles. The zero-order valence-corrected chi connectivity index (χ0v) is 11.4. The van der Waals surface area contributed by atoms with E-state index in [1.165, 1.54) is 16.9 Å². The maximum atomic E-state index is 9.14. The highest BCUT2D eigenvalue weighted by atomic mass is 32.1. The fraction of sp³-hybridized carbons (Fsp3) is 0.286. The number of nitriles is 1. The van der Waals surface area contributed by atoms with Gasteiger partial charge in [-0.25, -0.2) is 4.98 Å². The van der Waals surface area contributed by atoms with Gasteiger partial charge >= 0.3 is 0 Å². The van der Waals surface area contributed by atoms with E-state index in [1.54, 1.807) is 0 Å². The first-order valence-corrected chi connectivity index (χ1v) is 6.72. The van der Waals surface area contributed by atoms with Crippen molar-refractivity contribution in [2.24, 2.45) is 0 Å². The van der Waals surface area contributed by atoms with Crippen molar-refractivity contribution < 1.29 is 0 Å². The first-order valence-electron chi connectivity index (χ1n) is 5.91. The number of nitrogens with zero attached hydrogens (tertiary/aromatic N) is 3. The summed E-state index contributed by atoms with van der Waals surface area (Å²) in [5.74, 6) is 0.811. The number of thiazole rings is 1. The van der Waals surface area contributed by atoms with Crippen LogP contribution in [0.3, 0.4) is 0 Å². The highest BCUT2D eigenvalue weighted by molar-refractivity contribution is 7.12. The smallest absolute Gasteiger partial charge is 0.158 e. The van der Waals surface area contributed by atoms with Crippen molar-refractivity contribution in [3.63, 3.8) is 0 Å². The topological polar surface area (TPSA) is 39.9 Å². The van der Waals surface area contributed by atoms with E-state index in [4.69, 9.17) is 5.26 Å². The monoisotopic (exact) mass is 257 g/mol. The Morgan fingerprint density at radius 3 is 2.67 bits per heavy atom. The van der Waals surface area contributed by atoms with E-state index in [0.29, 0.717) is 4.88 Å². The maximum Gasteiger partial charge on any atom is 0.158 e. The van der Waals surface area contributed by atoms with Crippen LogP contribution in [0.4, 0.5) is 5.82 Å². The van der Waals surface area contributed by atoms with Gasteiger partial charge in [0, 0.05) is 13.1 Å². The summed E-state index contributed by atoms with van der Waals surface area (Å²) in [7, 11) is 0. The average molecular weight is 257 g/mol. The van der Waals surface area contributed by atoms with Crippen LogP contribution in [0.15, 0.2) is 30.3 Å². The van der Waals surface area contributed by atoms with E-state index in [1.807, 2.05) is 25.1 Å². The van der Waals surface area contributed by atoms with Crippen LogP contribution in [-0.4, -0.2) is 11.5 Å². The Labute approximate surface area is 111 Å². The molecule has 0 radical (unpaired) electrons. The van der Waals surface area contributed by atoms with Crippen molar-refractivity contribution in [2.45, 2.75) is 20.4 Å². The summed E-state index contributed by atoms with van der Waals surface area (Å²) in [5, 5.41) is 10.1. The lowest BCUT2D eigenvalue weighted by atomic mass is 10.2. The van der Waals surface area contributed by atoms with E-state index in [-0.39, 0.29) is 0 Å². The van der Waals surface area contributed by atoms with E-state index in [0.717, 1.165) is 23.9 Å². The normalized spacial score (nSPS) is 10.1. The number of aryl methyl sites for hydroxylation is 1. The quantitative estimate of drug-likeness (QED) is 0.843. The van der Waals surface area contributed by atoms with Crippen LogP contribution in [0.1, 0.15) is 22.4 Å². The lowest BCUT2D eigenvalue weighted by Crippen LogP contribution is -2.23. The molecule has 1 aromatic carbocycles. The summed E-state index contributed by atoms with van der Waals surface area (Å²) in [4.78, 5) is 7.31. The Bertz CT molecular complexity index is 554. The van der Waals surface area contributed by atoms with Gasteiger partial charge in [-0.15, -0.1) is 11.3 Å². The summed E-state index contributed by atoms with van der Waals surface area (Å²) >= 11 is 1.45. The summed E-state index contributed by atoms with van der Waals surface area (Å²) in [5.41, 5.74) is 1.23. The standard InChI is InChI=1S/C14H15N3S/c1-3-17(10-12-7-5-4-6-8-12)14-13(9-15)18-11(2)16-14/h4-8H,3,10H2,1-2H3. The highest BCUT2D eigenvalue weighted by Crippen LogP contribution is 2.26. The van der Waals surface area contributed by atoms with E-state index in [2.05, 4.69) is 35.0 Å². The summed E-state index contributed by atoms with van der Waals surface area (Å²) < 4.78 is 0. The van der Waals surface area contributed by atoms with Gasteiger partial charge in [0.15, 0.2) is 5.82 Å². The minimum Gasteiger partial charge on any atom is -0.351 e. The Kier molecular flexibility index (Phi) is 3.96. The fourth-order valence-corrected chi connectivity index (χ4v) is 2.58. The number of aromatic nitrogens is 1. The third-order valence-corrected chi connectivity index (χ3v) is 3.58. The molecule has 1 heterocycles. The second-order valence-electron chi connectivity index (χ2n) is 4.00. The predicted molar refractivity (Wildman–Crippen MR) is 74.7 cm³/mol. The van der Waals surface area contributed by atoms with Crippen molar-refractivity contribution in [1.29, 1.82) is 5.26 Å². The third-order valence-electron chi connectivity index (χ3n) is 2.72. The van der Waals surface area contributed by atoms with E-state index < -0.39 is 0 Å². The first-order chi connectivity index (χ1) is 8.74. The van der Waals surface area contributed by atoms with Crippen molar-refractivity contribution in [3.8, 4) is 6.07 Å². The first kappa shape index (κ1) is 12.6. The van der Waals surface area contributed by atoms with Crippen LogP contribution in [0.5, 0.6) is 0 Å². The van der Waals surface area contributed by atoms with Gasteiger partial charge in [0.1, 0.15) is 10.9 Å². The number of anilines is 1. The molecule has 0 bridgehead atoms. The molecule has 2 rings (SSSR count). The van der Waals surface area contributed by atoms with Gasteiger partial charge in [0.2, 0.25) is 0 Å². The van der Waals surface area contributed by atoms with Crippen LogP contribution in [0.25, 0.3) is 0 Å². The number of rotatable bonds is 4. The minimum absolute atomic E-state index is 0.699. The summed E-state index contributed by atoms with van der Waals surface area (Å²) in [6.07, 6.45) is 0. The van der Waals surface area contributed by atoms with Crippen LogP contribution in [0, 0.1) is 18.3 Å². The van der Waals surface area contributed by atoms with E-state index >= 15 is 0 Å². The molecule has 0 saturated heterocycles. The zero-order chi connectivity index (χ0) is 13.0. The molecular formula is C14H15N3S. The molecule has 0 unspecified atom stereocenters. The van der Waals surface area contributed by atoms with Crippen molar-refractivity contribution in [1.82, 2.24) is 4.98 Å². The van der Waals surface area contributed by atoms with Gasteiger partial charge in [0.25, 0.3) is 0 Å². The third kappa shape index (κ3) is 2.69. The molecule has 0 fully saturated rings. The molecule has 92 valence electrons. The minimum atomic E-state index is 0.699. The van der Waals surface area contributed by atoms with Crippen molar-refractivity contribution in [3.05, 3.63) is 45.8 Å². The van der Waals surface area contributed by atoms with E-state index in [9.17, 15) is 0 Å². The lowest BCUT2D eigenvalue weighted by Gasteiger charge is -2.20. The van der Waals surface area contributed by atoms with Crippen molar-refractivity contribution >= 4 is 17.2 Å². The molecule has 0 spiro atoms. The predicted octanol–water partition coefficient (Wildman–Crippen LogP) is 3.35. The van der Waals surface area contributed by atoms with Gasteiger partial charge < -0.3 is 4.90 Å². The zero-order valence-electron chi connectivity index (χ0n) is 10.6. The maximum absolute atomic E-state index is 9.14. The van der Waals surface area contributed by atoms with Crippen LogP contribution < -0.4 is 4.90 Å². The van der Waals surface area contributed by atoms with Gasteiger partial charge in [-0.1, -0.05) is 30.3 Å². The number of benzene rings is 1. The molecule has 0 saturated carbocycles. The van der Waals surface area contributed by atoms with Crippen LogP contribution in [0.2, 0.25) is 0 Å². The second kappa shape index (κ2) is 5.65. The molecule has 0 atom stereocenters. The van der Waals surface area contributed by atoms with Crippen LogP contribution in [-0.2, 0) is 6.54 Å². The summed E-state index contributed by atoms with van der Waals surface area (Å²) in [6, 6.07) is 12.5. The Hall–Kier alpha value is -1.86.